The van der Waals surface area contributed by atoms with Crippen LogP contribution in [0.25, 0.3) is 6.08 Å². The van der Waals surface area contributed by atoms with Gasteiger partial charge in [-0.15, -0.1) is 0 Å². The van der Waals surface area contributed by atoms with Crippen molar-refractivity contribution in [2.24, 2.45) is 5.92 Å². The number of ketones is 1. The molecule has 2 bridgehead atoms. The van der Waals surface area contributed by atoms with Gasteiger partial charge in [-0.25, -0.2) is 0 Å². The smallest absolute Gasteiger partial charge is 0.250 e. The van der Waals surface area contributed by atoms with E-state index in [-0.39, 0.29) is 23.1 Å². The van der Waals surface area contributed by atoms with Crippen LogP contribution in [0.5, 0.6) is 0 Å². The van der Waals surface area contributed by atoms with Crippen LogP contribution < -0.4 is 0 Å². The minimum absolute atomic E-state index is 0.0102. The van der Waals surface area contributed by atoms with Gasteiger partial charge in [0.15, 0.2) is 0 Å². The van der Waals surface area contributed by atoms with Gasteiger partial charge < -0.3 is 4.90 Å². The van der Waals surface area contributed by atoms with Gasteiger partial charge in [0, 0.05) is 24.1 Å². The van der Waals surface area contributed by atoms with Crippen LogP contribution in [0.2, 0.25) is 0 Å². The van der Waals surface area contributed by atoms with E-state index < -0.39 is 0 Å². The summed E-state index contributed by atoms with van der Waals surface area (Å²) in [5, 5.41) is 0. The van der Waals surface area contributed by atoms with Crippen molar-refractivity contribution in [3.05, 3.63) is 41.5 Å². The number of hydrogen-bond acceptors (Lipinski definition) is 2. The van der Waals surface area contributed by atoms with Crippen LogP contribution in [-0.4, -0.2) is 28.7 Å². The Labute approximate surface area is 124 Å². The first-order valence-electron chi connectivity index (χ1n) is 7.81. The highest BCUT2D eigenvalue weighted by molar-refractivity contribution is 6.06. The summed E-state index contributed by atoms with van der Waals surface area (Å²) in [5.74, 6) is 0.171. The standard InChI is InChI=1S/C18H19NO2/c20-16-7-9-18-8-4-10-19(18)17(21)14(15(16)12-18)11-13-5-2-1-3-6-13/h1-3,5-6,11,15H,4,7-10,12H2/b14-11+/t15-,18+/m0/s1. The summed E-state index contributed by atoms with van der Waals surface area (Å²) in [5.41, 5.74) is 1.71. The molecule has 3 aliphatic rings. The summed E-state index contributed by atoms with van der Waals surface area (Å²) in [7, 11) is 0. The third kappa shape index (κ3) is 1.87. The molecule has 4 rings (SSSR count). The maximum atomic E-state index is 12.9. The number of amides is 1. The van der Waals surface area contributed by atoms with Crippen LogP contribution >= 0.6 is 0 Å². The predicted octanol–water partition coefficient (Wildman–Crippen LogP) is 2.81. The van der Waals surface area contributed by atoms with E-state index in [1.165, 1.54) is 0 Å². The predicted molar refractivity (Wildman–Crippen MR) is 80.4 cm³/mol. The molecule has 1 saturated carbocycles. The normalized spacial score (nSPS) is 33.4. The van der Waals surface area contributed by atoms with Crippen molar-refractivity contribution >= 4 is 17.8 Å². The fourth-order valence-electron chi connectivity index (χ4n) is 4.33. The summed E-state index contributed by atoms with van der Waals surface area (Å²) in [4.78, 5) is 27.3. The maximum absolute atomic E-state index is 12.9. The number of carbonyl (C=O) groups excluding carboxylic acids is 2. The molecule has 2 saturated heterocycles. The number of Topliss-reactive ketones (excluding diaryl/α,β-unsaturated/α-hetero) is 1. The Morgan fingerprint density at radius 3 is 2.76 bits per heavy atom. The number of fused-ring (bicyclic) bond motifs is 1. The number of rotatable bonds is 1. The first-order valence-corrected chi connectivity index (χ1v) is 7.81. The van der Waals surface area contributed by atoms with Crippen molar-refractivity contribution in [2.75, 3.05) is 6.54 Å². The molecule has 0 radical (unpaired) electrons. The van der Waals surface area contributed by atoms with E-state index in [9.17, 15) is 9.59 Å². The number of hydrogen-bond donors (Lipinski definition) is 0. The molecule has 108 valence electrons. The van der Waals surface area contributed by atoms with Gasteiger partial charge >= 0.3 is 0 Å². The Kier molecular flexibility index (Phi) is 2.78. The Hall–Kier alpha value is -1.90. The van der Waals surface area contributed by atoms with Gasteiger partial charge in [0.05, 0.1) is 5.92 Å². The zero-order chi connectivity index (χ0) is 14.4. The van der Waals surface area contributed by atoms with E-state index in [1.54, 1.807) is 0 Å². The second kappa shape index (κ2) is 4.55. The second-order valence-electron chi connectivity index (χ2n) is 6.52. The lowest BCUT2D eigenvalue weighted by Crippen LogP contribution is -2.57. The minimum Gasteiger partial charge on any atom is -0.333 e. The molecule has 1 aromatic carbocycles. The van der Waals surface area contributed by atoms with Crippen molar-refractivity contribution in [3.63, 3.8) is 0 Å². The van der Waals surface area contributed by atoms with Crippen molar-refractivity contribution in [3.8, 4) is 0 Å². The van der Waals surface area contributed by atoms with Crippen LogP contribution in [0.4, 0.5) is 0 Å². The van der Waals surface area contributed by atoms with Gasteiger partial charge in [-0.1, -0.05) is 30.3 Å². The molecule has 0 unspecified atom stereocenters. The van der Waals surface area contributed by atoms with E-state index in [0.717, 1.165) is 37.8 Å². The molecule has 21 heavy (non-hydrogen) atoms. The zero-order valence-corrected chi connectivity index (χ0v) is 12.0. The minimum atomic E-state index is -0.180. The molecular formula is C18H19NO2. The summed E-state index contributed by atoms with van der Waals surface area (Å²) in [6, 6.07) is 9.85. The first kappa shape index (κ1) is 12.8. The van der Waals surface area contributed by atoms with Crippen molar-refractivity contribution in [1.82, 2.24) is 4.90 Å². The van der Waals surface area contributed by atoms with E-state index >= 15 is 0 Å². The van der Waals surface area contributed by atoms with Gasteiger partial charge in [-0.2, -0.15) is 0 Å². The SMILES string of the molecule is O=C1CC[C@@]23CCCN2C(=O)/C(=C/c2ccccc2)[C@@H]1C3. The number of carbonyl (C=O) groups is 2. The van der Waals surface area contributed by atoms with Gasteiger partial charge in [-0.05, 0) is 37.3 Å². The second-order valence-corrected chi connectivity index (χ2v) is 6.52. The van der Waals surface area contributed by atoms with Crippen LogP contribution in [-0.2, 0) is 9.59 Å². The topological polar surface area (TPSA) is 37.4 Å². The highest BCUT2D eigenvalue weighted by atomic mass is 16.2. The highest BCUT2D eigenvalue weighted by Gasteiger charge is 2.54. The highest BCUT2D eigenvalue weighted by Crippen LogP contribution is 2.49. The van der Waals surface area contributed by atoms with E-state index in [4.69, 9.17) is 0 Å². The van der Waals surface area contributed by atoms with Crippen molar-refractivity contribution in [1.29, 1.82) is 0 Å². The van der Waals surface area contributed by atoms with Crippen molar-refractivity contribution in [2.45, 2.75) is 37.6 Å². The van der Waals surface area contributed by atoms with Gasteiger partial charge in [0.25, 0.3) is 5.91 Å². The van der Waals surface area contributed by atoms with Crippen LogP contribution in [0, 0.1) is 5.92 Å². The molecule has 1 spiro atoms. The first-order chi connectivity index (χ1) is 10.2. The number of benzene rings is 1. The fourth-order valence-corrected chi connectivity index (χ4v) is 4.33. The van der Waals surface area contributed by atoms with Crippen LogP contribution in [0.3, 0.4) is 0 Å². The fraction of sp³-hybridized carbons (Fsp3) is 0.444. The maximum Gasteiger partial charge on any atom is 0.250 e. The third-order valence-electron chi connectivity index (χ3n) is 5.40. The largest absolute Gasteiger partial charge is 0.333 e. The van der Waals surface area contributed by atoms with E-state index in [2.05, 4.69) is 4.90 Å². The summed E-state index contributed by atoms with van der Waals surface area (Å²) >= 11 is 0. The Bertz CT molecular complexity index is 634. The molecule has 0 N–H and O–H groups in total. The van der Waals surface area contributed by atoms with Gasteiger partial charge in [0.1, 0.15) is 5.78 Å². The Morgan fingerprint density at radius 1 is 1.14 bits per heavy atom. The lowest BCUT2D eigenvalue weighted by Gasteiger charge is -2.49. The molecular weight excluding hydrogens is 262 g/mol. The quantitative estimate of drug-likeness (QED) is 0.742. The molecule has 0 aromatic heterocycles. The van der Waals surface area contributed by atoms with Crippen LogP contribution in [0.1, 0.15) is 37.7 Å². The van der Waals surface area contributed by atoms with Crippen molar-refractivity contribution < 1.29 is 9.59 Å². The summed E-state index contributed by atoms with van der Waals surface area (Å²) < 4.78 is 0. The molecule has 2 atom stereocenters. The Morgan fingerprint density at radius 2 is 1.95 bits per heavy atom. The molecule has 1 aromatic rings. The Balaban J connectivity index is 1.78. The van der Waals surface area contributed by atoms with E-state index in [1.807, 2.05) is 36.4 Å². The average Bonchev–Trinajstić information content (AvgIpc) is 2.92. The summed E-state index contributed by atoms with van der Waals surface area (Å²) in [6.07, 6.45) is 6.41. The lowest BCUT2D eigenvalue weighted by molar-refractivity contribution is -0.143. The molecule has 3 heteroatoms. The van der Waals surface area contributed by atoms with Gasteiger partial charge in [-0.3, -0.25) is 9.59 Å². The number of nitrogens with zero attached hydrogens (tertiary/aromatic N) is 1. The number of piperidine rings is 1. The summed E-state index contributed by atoms with van der Waals surface area (Å²) in [6.45, 7) is 0.853. The molecule has 3 fully saturated rings. The average molecular weight is 281 g/mol. The molecule has 1 aliphatic carbocycles. The van der Waals surface area contributed by atoms with Gasteiger partial charge in [0.2, 0.25) is 0 Å². The monoisotopic (exact) mass is 281 g/mol. The third-order valence-corrected chi connectivity index (χ3v) is 5.40. The molecule has 1 amide bonds. The molecule has 2 heterocycles. The molecule has 3 nitrogen and oxygen atoms in total. The van der Waals surface area contributed by atoms with Crippen LogP contribution in [0.15, 0.2) is 35.9 Å². The molecule has 2 aliphatic heterocycles. The lowest BCUT2D eigenvalue weighted by atomic mass is 9.67. The zero-order valence-electron chi connectivity index (χ0n) is 12.0. The van der Waals surface area contributed by atoms with E-state index in [0.29, 0.717) is 12.0 Å².